The molecule has 1 aliphatic carbocycles. The number of carbonyl (C=O) groups is 1. The molecule has 0 aromatic heterocycles. The van der Waals surface area contributed by atoms with Gasteiger partial charge in [0.2, 0.25) is 5.91 Å². The largest absolute Gasteiger partial charge is 0.392 e. The van der Waals surface area contributed by atoms with Crippen LogP contribution in [0.2, 0.25) is 0 Å². The number of carbonyl (C=O) groups excluding carboxylic acids is 1. The second-order valence-electron chi connectivity index (χ2n) is 5.14. The molecular formula is C11H18N2O2. The van der Waals surface area contributed by atoms with Crippen LogP contribution in [-0.4, -0.2) is 47.7 Å². The highest BCUT2D eigenvalue weighted by Crippen LogP contribution is 2.40. The molecule has 3 saturated heterocycles. The molecule has 0 radical (unpaired) electrons. The first-order valence-corrected chi connectivity index (χ1v) is 5.96. The van der Waals surface area contributed by atoms with E-state index in [9.17, 15) is 9.90 Å². The fourth-order valence-corrected chi connectivity index (χ4v) is 3.16. The van der Waals surface area contributed by atoms with E-state index in [2.05, 4.69) is 5.32 Å². The third-order valence-electron chi connectivity index (χ3n) is 4.15. The van der Waals surface area contributed by atoms with Crippen molar-refractivity contribution in [1.29, 1.82) is 0 Å². The Bertz CT molecular complexity index is 264. The van der Waals surface area contributed by atoms with Crippen molar-refractivity contribution in [3.8, 4) is 0 Å². The average Bonchev–Trinajstić information content (AvgIpc) is 2.81. The Balaban J connectivity index is 1.61. The summed E-state index contributed by atoms with van der Waals surface area (Å²) in [6.45, 7) is 2.52. The first-order chi connectivity index (χ1) is 7.25. The summed E-state index contributed by atoms with van der Waals surface area (Å²) in [5.41, 5.74) is 0. The standard InChI is InChI=1S/C11H18N2O2/c14-10-7-4-8(10)6-13(5-7)11(15)9-2-1-3-12-9/h7-10,12,14H,1-6H2/t7-,8+,9-,10?/m0/s1. The lowest BCUT2D eigenvalue weighted by molar-refractivity contribution is -0.152. The lowest BCUT2D eigenvalue weighted by Gasteiger charge is -2.51. The summed E-state index contributed by atoms with van der Waals surface area (Å²) in [7, 11) is 0. The van der Waals surface area contributed by atoms with Crippen LogP contribution in [-0.2, 0) is 4.79 Å². The molecule has 3 aliphatic heterocycles. The molecule has 3 heterocycles. The number of amides is 1. The van der Waals surface area contributed by atoms with Crippen LogP contribution in [0, 0.1) is 11.8 Å². The predicted octanol–water partition coefficient (Wildman–Crippen LogP) is -0.422. The molecule has 2 bridgehead atoms. The van der Waals surface area contributed by atoms with E-state index < -0.39 is 0 Å². The van der Waals surface area contributed by atoms with Gasteiger partial charge in [-0.3, -0.25) is 4.79 Å². The molecule has 0 aromatic rings. The van der Waals surface area contributed by atoms with Crippen LogP contribution >= 0.6 is 0 Å². The van der Waals surface area contributed by atoms with Gasteiger partial charge in [0.15, 0.2) is 0 Å². The molecule has 4 heteroatoms. The molecular weight excluding hydrogens is 192 g/mol. The molecule has 0 spiro atoms. The minimum Gasteiger partial charge on any atom is -0.392 e. The Morgan fingerprint density at radius 3 is 2.60 bits per heavy atom. The van der Waals surface area contributed by atoms with Gasteiger partial charge in [0.1, 0.15) is 0 Å². The van der Waals surface area contributed by atoms with Crippen LogP contribution in [0.3, 0.4) is 0 Å². The Labute approximate surface area is 89.6 Å². The third-order valence-corrected chi connectivity index (χ3v) is 4.15. The zero-order valence-corrected chi connectivity index (χ0v) is 8.85. The summed E-state index contributed by atoms with van der Waals surface area (Å²) in [6.07, 6.45) is 3.07. The van der Waals surface area contributed by atoms with Crippen LogP contribution in [0.25, 0.3) is 0 Å². The number of nitrogens with one attached hydrogen (secondary N) is 1. The molecule has 4 aliphatic rings. The molecule has 1 saturated carbocycles. The highest BCUT2D eigenvalue weighted by molar-refractivity contribution is 5.82. The number of hydrogen-bond donors (Lipinski definition) is 2. The second kappa shape index (κ2) is 3.46. The summed E-state index contributed by atoms with van der Waals surface area (Å²) in [5.74, 6) is 0.970. The van der Waals surface area contributed by atoms with Gasteiger partial charge in [-0.25, -0.2) is 0 Å². The number of nitrogens with zero attached hydrogens (tertiary/aromatic N) is 1. The molecule has 1 unspecified atom stereocenters. The third kappa shape index (κ3) is 1.47. The summed E-state index contributed by atoms with van der Waals surface area (Å²) in [6, 6.07) is 0.0552. The maximum Gasteiger partial charge on any atom is 0.239 e. The van der Waals surface area contributed by atoms with Crippen molar-refractivity contribution in [2.24, 2.45) is 11.8 Å². The van der Waals surface area contributed by atoms with Gasteiger partial charge in [-0.1, -0.05) is 0 Å². The molecule has 1 amide bonds. The number of hydrogen-bond acceptors (Lipinski definition) is 3. The maximum atomic E-state index is 12.1. The topological polar surface area (TPSA) is 52.6 Å². The van der Waals surface area contributed by atoms with E-state index in [1.807, 2.05) is 4.90 Å². The molecule has 4 nitrogen and oxygen atoms in total. The first-order valence-electron chi connectivity index (χ1n) is 5.96. The number of fused-ring (bicyclic) bond motifs is 2. The highest BCUT2D eigenvalue weighted by atomic mass is 16.3. The number of aliphatic hydroxyl groups is 1. The van der Waals surface area contributed by atoms with Gasteiger partial charge in [0.25, 0.3) is 0 Å². The number of rotatable bonds is 1. The molecule has 4 atom stereocenters. The zero-order valence-electron chi connectivity index (χ0n) is 8.85. The van der Waals surface area contributed by atoms with Crippen molar-refractivity contribution in [3.63, 3.8) is 0 Å². The fourth-order valence-electron chi connectivity index (χ4n) is 3.16. The summed E-state index contributed by atoms with van der Waals surface area (Å²) in [4.78, 5) is 14.0. The minimum absolute atomic E-state index is 0.0552. The van der Waals surface area contributed by atoms with Crippen molar-refractivity contribution in [2.45, 2.75) is 31.4 Å². The van der Waals surface area contributed by atoms with E-state index in [0.717, 1.165) is 38.9 Å². The van der Waals surface area contributed by atoms with Gasteiger partial charge in [-0.15, -0.1) is 0 Å². The molecule has 2 N–H and O–H groups in total. The summed E-state index contributed by atoms with van der Waals surface area (Å²) < 4.78 is 0. The van der Waals surface area contributed by atoms with Crippen molar-refractivity contribution in [3.05, 3.63) is 0 Å². The van der Waals surface area contributed by atoms with Crippen LogP contribution < -0.4 is 5.32 Å². The van der Waals surface area contributed by atoms with Gasteiger partial charge in [-0.2, -0.15) is 0 Å². The Morgan fingerprint density at radius 2 is 2.07 bits per heavy atom. The Morgan fingerprint density at radius 1 is 1.33 bits per heavy atom. The van der Waals surface area contributed by atoms with Crippen molar-refractivity contribution >= 4 is 5.91 Å². The van der Waals surface area contributed by atoms with Gasteiger partial charge in [0, 0.05) is 24.9 Å². The monoisotopic (exact) mass is 210 g/mol. The van der Waals surface area contributed by atoms with Crippen molar-refractivity contribution in [2.75, 3.05) is 19.6 Å². The van der Waals surface area contributed by atoms with E-state index in [-0.39, 0.29) is 18.1 Å². The lowest BCUT2D eigenvalue weighted by atomic mass is 9.68. The SMILES string of the molecule is O=C([C@@H]1CCCN1)N1C[C@H]2C[C@@H](C1)C2O. The van der Waals surface area contributed by atoms with Gasteiger partial charge in [-0.05, 0) is 25.8 Å². The molecule has 4 rings (SSSR count). The normalized spacial score (nSPS) is 43.9. The summed E-state index contributed by atoms with van der Waals surface area (Å²) in [5, 5.41) is 12.9. The first kappa shape index (κ1) is 9.60. The summed E-state index contributed by atoms with van der Waals surface area (Å²) >= 11 is 0. The predicted molar refractivity (Wildman–Crippen MR) is 55.2 cm³/mol. The van der Waals surface area contributed by atoms with Crippen molar-refractivity contribution < 1.29 is 9.90 Å². The van der Waals surface area contributed by atoms with Gasteiger partial charge in [0.05, 0.1) is 12.1 Å². The molecule has 15 heavy (non-hydrogen) atoms. The Kier molecular flexibility index (Phi) is 2.21. The smallest absolute Gasteiger partial charge is 0.239 e. The van der Waals surface area contributed by atoms with E-state index in [4.69, 9.17) is 0 Å². The average molecular weight is 210 g/mol. The van der Waals surface area contributed by atoms with Crippen LogP contribution in [0.1, 0.15) is 19.3 Å². The Hall–Kier alpha value is -0.610. The van der Waals surface area contributed by atoms with E-state index in [1.165, 1.54) is 0 Å². The quantitative estimate of drug-likeness (QED) is 0.618. The zero-order chi connectivity index (χ0) is 10.4. The van der Waals surface area contributed by atoms with E-state index >= 15 is 0 Å². The van der Waals surface area contributed by atoms with Gasteiger partial charge < -0.3 is 15.3 Å². The highest BCUT2D eigenvalue weighted by Gasteiger charge is 2.47. The number of piperidine rings is 2. The van der Waals surface area contributed by atoms with Crippen LogP contribution in [0.15, 0.2) is 0 Å². The minimum atomic E-state index is -0.134. The fraction of sp³-hybridized carbons (Fsp3) is 0.909. The lowest BCUT2D eigenvalue weighted by Crippen LogP contribution is -2.61. The van der Waals surface area contributed by atoms with E-state index in [1.54, 1.807) is 0 Å². The van der Waals surface area contributed by atoms with E-state index in [0.29, 0.717) is 11.8 Å². The second-order valence-corrected chi connectivity index (χ2v) is 5.14. The van der Waals surface area contributed by atoms with Crippen LogP contribution in [0.5, 0.6) is 0 Å². The van der Waals surface area contributed by atoms with Crippen LogP contribution in [0.4, 0.5) is 0 Å². The molecule has 4 fully saturated rings. The molecule has 84 valence electrons. The maximum absolute atomic E-state index is 12.1. The van der Waals surface area contributed by atoms with Crippen molar-refractivity contribution in [1.82, 2.24) is 10.2 Å². The number of aliphatic hydroxyl groups excluding tert-OH is 1. The molecule has 0 aromatic carbocycles. The van der Waals surface area contributed by atoms with Gasteiger partial charge >= 0.3 is 0 Å².